The summed E-state index contributed by atoms with van der Waals surface area (Å²) in [6, 6.07) is 8.42. The summed E-state index contributed by atoms with van der Waals surface area (Å²) in [5, 5.41) is 12.3. The Bertz CT molecular complexity index is 584. The molecule has 0 saturated carbocycles. The molecule has 4 N–H and O–H groups in total. The van der Waals surface area contributed by atoms with Crippen LogP contribution in [-0.4, -0.2) is 16.1 Å². The van der Waals surface area contributed by atoms with Gasteiger partial charge in [-0.2, -0.15) is 0 Å². The van der Waals surface area contributed by atoms with Gasteiger partial charge in [0.15, 0.2) is 0 Å². The molecule has 19 heavy (non-hydrogen) atoms. The van der Waals surface area contributed by atoms with E-state index in [-0.39, 0.29) is 11.6 Å². The number of benzene rings is 1. The molecule has 2 rings (SSSR count). The van der Waals surface area contributed by atoms with Gasteiger partial charge in [0.1, 0.15) is 0 Å². The quantitative estimate of drug-likeness (QED) is 0.732. The fourth-order valence-corrected chi connectivity index (χ4v) is 1.84. The topological polar surface area (TPSA) is 88.2 Å². The van der Waals surface area contributed by atoms with Crippen LogP contribution in [0.4, 0.5) is 11.4 Å². The van der Waals surface area contributed by atoms with Gasteiger partial charge >= 0.3 is 5.97 Å². The third kappa shape index (κ3) is 3.01. The Labute approximate surface area is 111 Å². The van der Waals surface area contributed by atoms with Gasteiger partial charge in [-0.1, -0.05) is 0 Å². The summed E-state index contributed by atoms with van der Waals surface area (Å²) in [6.45, 7) is 1.95. The summed E-state index contributed by atoms with van der Waals surface area (Å²) >= 11 is 0. The summed E-state index contributed by atoms with van der Waals surface area (Å²) in [6.07, 6.45) is 3.40. The van der Waals surface area contributed by atoms with Crippen LogP contribution in [0, 0.1) is 0 Å². The Hall–Kier alpha value is -2.56. The number of carboxylic acid groups (broad SMARTS) is 1. The van der Waals surface area contributed by atoms with Crippen molar-refractivity contribution in [2.45, 2.75) is 13.0 Å². The van der Waals surface area contributed by atoms with E-state index in [1.165, 1.54) is 6.07 Å². The molecule has 1 unspecified atom stereocenters. The minimum absolute atomic E-state index is 0.0390. The van der Waals surface area contributed by atoms with E-state index >= 15 is 0 Å². The number of hydrogen-bond donors (Lipinski definition) is 3. The minimum atomic E-state index is -0.982. The number of pyridine rings is 1. The van der Waals surface area contributed by atoms with Crippen LogP contribution < -0.4 is 11.1 Å². The molecule has 0 amide bonds. The maximum absolute atomic E-state index is 11.2. The zero-order chi connectivity index (χ0) is 13.8. The van der Waals surface area contributed by atoms with Crippen LogP contribution in [0.2, 0.25) is 0 Å². The number of anilines is 2. The summed E-state index contributed by atoms with van der Waals surface area (Å²) in [4.78, 5) is 15.1. The third-order valence-electron chi connectivity index (χ3n) is 2.85. The minimum Gasteiger partial charge on any atom is -0.478 e. The first-order valence-electron chi connectivity index (χ1n) is 5.87. The van der Waals surface area contributed by atoms with Crippen LogP contribution in [0.3, 0.4) is 0 Å². The van der Waals surface area contributed by atoms with Gasteiger partial charge in [-0.3, -0.25) is 4.98 Å². The molecule has 0 fully saturated rings. The summed E-state index contributed by atoms with van der Waals surface area (Å²) < 4.78 is 0. The highest BCUT2D eigenvalue weighted by Gasteiger charge is 2.13. The highest BCUT2D eigenvalue weighted by Crippen LogP contribution is 2.24. The van der Waals surface area contributed by atoms with Gasteiger partial charge in [-0.05, 0) is 42.8 Å². The van der Waals surface area contributed by atoms with Crippen LogP contribution in [0.15, 0.2) is 42.7 Å². The van der Waals surface area contributed by atoms with E-state index in [1.807, 2.05) is 19.1 Å². The lowest BCUT2D eigenvalue weighted by Gasteiger charge is -2.17. The van der Waals surface area contributed by atoms with Crippen molar-refractivity contribution < 1.29 is 9.90 Å². The second-order valence-corrected chi connectivity index (χ2v) is 4.26. The number of nitrogens with one attached hydrogen (secondary N) is 1. The number of hydrogen-bond acceptors (Lipinski definition) is 4. The largest absolute Gasteiger partial charge is 0.478 e. The molecule has 0 spiro atoms. The van der Waals surface area contributed by atoms with Crippen molar-refractivity contribution in [1.82, 2.24) is 4.98 Å². The van der Waals surface area contributed by atoms with Crippen LogP contribution >= 0.6 is 0 Å². The number of rotatable bonds is 4. The molecule has 2 aromatic rings. The number of nitrogen functional groups attached to an aromatic ring is 1. The molecule has 1 atom stereocenters. The number of aromatic nitrogens is 1. The molecule has 5 heteroatoms. The molecular weight excluding hydrogens is 242 g/mol. The van der Waals surface area contributed by atoms with Crippen LogP contribution in [0.5, 0.6) is 0 Å². The van der Waals surface area contributed by atoms with Crippen molar-refractivity contribution in [2.75, 3.05) is 11.1 Å². The van der Waals surface area contributed by atoms with Crippen LogP contribution in [0.1, 0.15) is 28.9 Å². The van der Waals surface area contributed by atoms with E-state index in [0.29, 0.717) is 11.4 Å². The molecule has 0 aliphatic heterocycles. The van der Waals surface area contributed by atoms with Crippen molar-refractivity contribution >= 4 is 17.3 Å². The van der Waals surface area contributed by atoms with Gasteiger partial charge in [-0.15, -0.1) is 0 Å². The lowest BCUT2D eigenvalue weighted by molar-refractivity contribution is 0.0698. The molecule has 1 aromatic heterocycles. The monoisotopic (exact) mass is 257 g/mol. The standard InChI is InChI=1S/C14H15N3O2/c1-9(10-4-6-16-7-5-10)17-13-8-11(15)2-3-12(13)14(18)19/h2-9,17H,15H2,1H3,(H,18,19). The van der Waals surface area contributed by atoms with Gasteiger partial charge in [-0.25, -0.2) is 4.79 Å². The molecule has 5 nitrogen and oxygen atoms in total. The lowest BCUT2D eigenvalue weighted by Crippen LogP contribution is -2.11. The molecule has 0 radical (unpaired) electrons. The average Bonchev–Trinajstić information content (AvgIpc) is 2.39. The van der Waals surface area contributed by atoms with Crippen molar-refractivity contribution in [2.24, 2.45) is 0 Å². The normalized spacial score (nSPS) is 11.8. The highest BCUT2D eigenvalue weighted by atomic mass is 16.4. The van der Waals surface area contributed by atoms with Crippen molar-refractivity contribution in [3.8, 4) is 0 Å². The highest BCUT2D eigenvalue weighted by molar-refractivity contribution is 5.95. The van der Waals surface area contributed by atoms with E-state index in [1.54, 1.807) is 24.5 Å². The Kier molecular flexibility index (Phi) is 3.66. The fraction of sp³-hybridized carbons (Fsp3) is 0.143. The second-order valence-electron chi connectivity index (χ2n) is 4.26. The van der Waals surface area contributed by atoms with Crippen LogP contribution in [0.25, 0.3) is 0 Å². The number of aromatic carboxylic acids is 1. The number of carbonyl (C=O) groups is 1. The number of carboxylic acids is 1. The van der Waals surface area contributed by atoms with E-state index in [4.69, 9.17) is 10.8 Å². The number of nitrogens with two attached hydrogens (primary N) is 1. The first kappa shape index (κ1) is 12.9. The molecule has 0 aliphatic carbocycles. The summed E-state index contributed by atoms with van der Waals surface area (Å²) in [5.41, 5.74) is 7.96. The first-order valence-corrected chi connectivity index (χ1v) is 5.87. The molecule has 0 saturated heterocycles. The first-order chi connectivity index (χ1) is 9.08. The molecule has 0 bridgehead atoms. The van der Waals surface area contributed by atoms with Gasteiger partial charge in [0.25, 0.3) is 0 Å². The predicted molar refractivity (Wildman–Crippen MR) is 74.1 cm³/mol. The average molecular weight is 257 g/mol. The van der Waals surface area contributed by atoms with Crippen molar-refractivity contribution in [1.29, 1.82) is 0 Å². The van der Waals surface area contributed by atoms with Crippen molar-refractivity contribution in [3.63, 3.8) is 0 Å². The second kappa shape index (κ2) is 5.39. The molecule has 1 heterocycles. The molecule has 0 aliphatic rings. The maximum atomic E-state index is 11.2. The Morgan fingerprint density at radius 3 is 2.63 bits per heavy atom. The van der Waals surface area contributed by atoms with Crippen LogP contribution in [-0.2, 0) is 0 Å². The third-order valence-corrected chi connectivity index (χ3v) is 2.85. The molecule has 1 aromatic carbocycles. The fourth-order valence-electron chi connectivity index (χ4n) is 1.84. The van der Waals surface area contributed by atoms with E-state index in [2.05, 4.69) is 10.3 Å². The Balaban J connectivity index is 2.28. The van der Waals surface area contributed by atoms with Gasteiger partial charge in [0, 0.05) is 24.1 Å². The number of nitrogens with zero attached hydrogens (tertiary/aromatic N) is 1. The smallest absolute Gasteiger partial charge is 0.337 e. The Morgan fingerprint density at radius 2 is 2.00 bits per heavy atom. The Morgan fingerprint density at radius 1 is 1.32 bits per heavy atom. The van der Waals surface area contributed by atoms with E-state index < -0.39 is 5.97 Å². The van der Waals surface area contributed by atoms with E-state index in [9.17, 15) is 4.79 Å². The summed E-state index contributed by atoms with van der Waals surface area (Å²) in [7, 11) is 0. The molecular formula is C14H15N3O2. The molecule has 98 valence electrons. The van der Waals surface area contributed by atoms with Gasteiger partial charge in [0.05, 0.1) is 11.3 Å². The zero-order valence-corrected chi connectivity index (χ0v) is 10.5. The lowest BCUT2D eigenvalue weighted by atomic mass is 10.1. The maximum Gasteiger partial charge on any atom is 0.337 e. The SMILES string of the molecule is CC(Nc1cc(N)ccc1C(=O)O)c1ccncc1. The van der Waals surface area contributed by atoms with Crippen molar-refractivity contribution in [3.05, 3.63) is 53.9 Å². The zero-order valence-electron chi connectivity index (χ0n) is 10.5. The van der Waals surface area contributed by atoms with Gasteiger partial charge in [0.2, 0.25) is 0 Å². The van der Waals surface area contributed by atoms with E-state index in [0.717, 1.165) is 5.56 Å². The van der Waals surface area contributed by atoms with Gasteiger partial charge < -0.3 is 16.2 Å². The summed E-state index contributed by atoms with van der Waals surface area (Å²) in [5.74, 6) is -0.982. The predicted octanol–water partition coefficient (Wildman–Crippen LogP) is 2.54.